The predicted octanol–water partition coefficient (Wildman–Crippen LogP) is 0.321. The van der Waals surface area contributed by atoms with Gasteiger partial charge < -0.3 is 15.6 Å². The smallest absolute Gasteiger partial charge is 0.212 e. The minimum atomic E-state index is -3.25. The SMILES string of the molecule is CS(=O)(=O)N1CCc2[nH]cnc2C12CCN(CCN)CC2.Cl.Cl. The van der Waals surface area contributed by atoms with Crippen molar-refractivity contribution in [3.05, 3.63) is 17.7 Å². The van der Waals surface area contributed by atoms with E-state index in [4.69, 9.17) is 5.73 Å². The molecule has 0 unspecified atom stereocenters. The van der Waals surface area contributed by atoms with Crippen molar-refractivity contribution >= 4 is 34.8 Å². The van der Waals surface area contributed by atoms with Gasteiger partial charge in [-0.05, 0) is 12.8 Å². The number of imidazole rings is 1. The largest absolute Gasteiger partial charge is 0.348 e. The number of likely N-dealkylation sites (tertiary alicyclic amines) is 1. The molecule has 0 bridgehead atoms. The number of nitrogens with two attached hydrogens (primary N) is 1. The molecule has 0 aliphatic carbocycles. The van der Waals surface area contributed by atoms with Crippen molar-refractivity contribution in [2.24, 2.45) is 5.73 Å². The zero-order valence-corrected chi connectivity index (χ0v) is 15.6. The van der Waals surface area contributed by atoms with Gasteiger partial charge in [-0.3, -0.25) is 0 Å². The molecule has 10 heteroatoms. The number of sulfonamides is 1. The highest BCUT2D eigenvalue weighted by Crippen LogP contribution is 2.43. The fraction of sp³-hybridized carbons (Fsp3) is 0.769. The third kappa shape index (κ3) is 3.67. The molecule has 1 spiro atoms. The molecule has 1 fully saturated rings. The first-order chi connectivity index (χ1) is 9.97. The second-order valence-electron chi connectivity index (χ2n) is 5.98. The quantitative estimate of drug-likeness (QED) is 0.780. The van der Waals surface area contributed by atoms with Gasteiger partial charge in [-0.25, -0.2) is 13.4 Å². The number of aromatic nitrogens is 2. The number of nitrogens with zero attached hydrogens (tertiary/aromatic N) is 3. The van der Waals surface area contributed by atoms with E-state index in [1.165, 1.54) is 6.26 Å². The van der Waals surface area contributed by atoms with Gasteiger partial charge in [0.25, 0.3) is 0 Å². The van der Waals surface area contributed by atoms with Gasteiger partial charge in [-0.2, -0.15) is 4.31 Å². The molecule has 1 aromatic heterocycles. The number of H-pyrrole nitrogens is 1. The number of halogens is 2. The number of piperidine rings is 1. The summed E-state index contributed by atoms with van der Waals surface area (Å²) in [6, 6.07) is 0. The van der Waals surface area contributed by atoms with Crippen molar-refractivity contribution in [3.8, 4) is 0 Å². The van der Waals surface area contributed by atoms with E-state index in [1.807, 2.05) is 0 Å². The van der Waals surface area contributed by atoms with Gasteiger partial charge in [0.1, 0.15) is 0 Å². The van der Waals surface area contributed by atoms with Crippen LogP contribution in [0.2, 0.25) is 0 Å². The lowest BCUT2D eigenvalue weighted by molar-refractivity contribution is 0.0652. The van der Waals surface area contributed by atoms with Crippen LogP contribution in [0.4, 0.5) is 0 Å². The van der Waals surface area contributed by atoms with Crippen LogP contribution in [0.25, 0.3) is 0 Å². The number of hydrogen-bond donors (Lipinski definition) is 2. The molecule has 1 saturated heterocycles. The zero-order valence-electron chi connectivity index (χ0n) is 13.2. The highest BCUT2D eigenvalue weighted by Gasteiger charge is 2.50. The summed E-state index contributed by atoms with van der Waals surface area (Å²) in [5, 5.41) is 0. The van der Waals surface area contributed by atoms with Crippen LogP contribution >= 0.6 is 24.8 Å². The number of fused-ring (bicyclic) bond motifs is 2. The first-order valence-corrected chi connectivity index (χ1v) is 9.25. The van der Waals surface area contributed by atoms with Crippen molar-refractivity contribution in [3.63, 3.8) is 0 Å². The van der Waals surface area contributed by atoms with E-state index < -0.39 is 15.6 Å². The van der Waals surface area contributed by atoms with E-state index in [-0.39, 0.29) is 24.8 Å². The number of rotatable bonds is 3. The van der Waals surface area contributed by atoms with Crippen LogP contribution in [0.15, 0.2) is 6.33 Å². The van der Waals surface area contributed by atoms with Crippen molar-refractivity contribution < 1.29 is 8.42 Å². The molecule has 134 valence electrons. The van der Waals surface area contributed by atoms with Crippen molar-refractivity contribution in [1.29, 1.82) is 0 Å². The molecule has 3 heterocycles. The molecule has 2 aliphatic heterocycles. The van der Waals surface area contributed by atoms with Gasteiger partial charge in [0.15, 0.2) is 0 Å². The molecule has 0 aromatic carbocycles. The Morgan fingerprint density at radius 2 is 1.96 bits per heavy atom. The maximum Gasteiger partial charge on any atom is 0.212 e. The lowest BCUT2D eigenvalue weighted by atomic mass is 9.80. The molecular weight excluding hydrogens is 361 g/mol. The minimum Gasteiger partial charge on any atom is -0.348 e. The van der Waals surface area contributed by atoms with Crippen molar-refractivity contribution in [1.82, 2.24) is 19.2 Å². The monoisotopic (exact) mass is 385 g/mol. The molecule has 0 atom stereocenters. The summed E-state index contributed by atoms with van der Waals surface area (Å²) < 4.78 is 26.2. The Hall–Kier alpha value is -0.380. The van der Waals surface area contributed by atoms with Crippen LogP contribution in [0.5, 0.6) is 0 Å². The Labute approximate surface area is 149 Å². The van der Waals surface area contributed by atoms with Crippen molar-refractivity contribution in [2.45, 2.75) is 24.8 Å². The second-order valence-corrected chi connectivity index (χ2v) is 7.88. The summed E-state index contributed by atoms with van der Waals surface area (Å²) in [4.78, 5) is 9.93. The molecule has 23 heavy (non-hydrogen) atoms. The van der Waals surface area contributed by atoms with Crippen molar-refractivity contribution in [2.75, 3.05) is 39.0 Å². The fourth-order valence-corrected chi connectivity index (χ4v) is 5.08. The van der Waals surface area contributed by atoms with E-state index in [2.05, 4.69) is 14.9 Å². The van der Waals surface area contributed by atoms with E-state index in [0.29, 0.717) is 19.5 Å². The van der Waals surface area contributed by atoms with E-state index in [0.717, 1.165) is 43.9 Å². The molecular formula is C13H25Cl2N5O2S. The third-order valence-corrected chi connectivity index (χ3v) is 6.06. The Kier molecular flexibility index (Phi) is 6.89. The number of aromatic amines is 1. The molecule has 7 nitrogen and oxygen atoms in total. The van der Waals surface area contributed by atoms with Gasteiger partial charge in [0.05, 0.1) is 23.8 Å². The van der Waals surface area contributed by atoms with Gasteiger partial charge in [-0.15, -0.1) is 24.8 Å². The zero-order chi connectivity index (χ0) is 15.1. The summed E-state index contributed by atoms with van der Waals surface area (Å²) in [5.74, 6) is 0. The average molecular weight is 386 g/mol. The average Bonchev–Trinajstić information content (AvgIpc) is 2.90. The fourth-order valence-electron chi connectivity index (χ4n) is 3.76. The Balaban J connectivity index is 0.00000132. The highest BCUT2D eigenvalue weighted by molar-refractivity contribution is 7.88. The maximum atomic E-state index is 12.3. The van der Waals surface area contributed by atoms with Crippen LogP contribution in [0.1, 0.15) is 24.2 Å². The topological polar surface area (TPSA) is 95.3 Å². The molecule has 0 saturated carbocycles. The molecule has 3 rings (SSSR count). The molecule has 2 aliphatic rings. The van der Waals surface area contributed by atoms with Crippen LogP contribution in [-0.2, 0) is 22.0 Å². The number of nitrogens with one attached hydrogen (secondary N) is 1. The molecule has 3 N–H and O–H groups in total. The Bertz CT molecular complexity index is 614. The first kappa shape index (κ1) is 20.7. The lowest BCUT2D eigenvalue weighted by Crippen LogP contribution is -2.58. The highest BCUT2D eigenvalue weighted by atomic mass is 35.5. The first-order valence-electron chi connectivity index (χ1n) is 7.40. The predicted molar refractivity (Wildman–Crippen MR) is 94.7 cm³/mol. The summed E-state index contributed by atoms with van der Waals surface area (Å²) in [6.45, 7) is 3.74. The minimum absolute atomic E-state index is 0. The van der Waals surface area contributed by atoms with Crippen LogP contribution in [0, 0.1) is 0 Å². The normalized spacial score (nSPS) is 21.3. The Morgan fingerprint density at radius 1 is 1.30 bits per heavy atom. The van der Waals surface area contributed by atoms with E-state index in [1.54, 1.807) is 10.6 Å². The van der Waals surface area contributed by atoms with E-state index >= 15 is 0 Å². The Morgan fingerprint density at radius 3 is 2.52 bits per heavy atom. The summed E-state index contributed by atoms with van der Waals surface area (Å²) in [7, 11) is -3.25. The lowest BCUT2D eigenvalue weighted by Gasteiger charge is -2.49. The standard InChI is InChI=1S/C13H23N5O2S.2ClH/c1-21(19,20)18-6-2-11-12(16-10-15-11)13(18)3-7-17(8-4-13)9-5-14;;/h10H,2-9,14H2,1H3,(H,15,16);2*1H. The van der Waals surface area contributed by atoms with Gasteiger partial charge in [-0.1, -0.05) is 0 Å². The summed E-state index contributed by atoms with van der Waals surface area (Å²) >= 11 is 0. The van der Waals surface area contributed by atoms with Gasteiger partial charge in [0.2, 0.25) is 10.0 Å². The summed E-state index contributed by atoms with van der Waals surface area (Å²) in [6.07, 6.45) is 5.25. The molecule has 0 radical (unpaired) electrons. The van der Waals surface area contributed by atoms with Gasteiger partial charge >= 0.3 is 0 Å². The van der Waals surface area contributed by atoms with Gasteiger partial charge in [0, 0.05) is 44.8 Å². The van der Waals surface area contributed by atoms with Crippen LogP contribution in [-0.4, -0.2) is 66.6 Å². The number of hydrogen-bond acceptors (Lipinski definition) is 5. The third-order valence-electron chi connectivity index (χ3n) is 4.73. The molecule has 0 amide bonds. The second kappa shape index (κ2) is 7.67. The van der Waals surface area contributed by atoms with E-state index in [9.17, 15) is 8.42 Å². The maximum absolute atomic E-state index is 12.3. The summed E-state index contributed by atoms with van der Waals surface area (Å²) in [5.41, 5.74) is 7.15. The van der Waals surface area contributed by atoms with Crippen LogP contribution < -0.4 is 5.73 Å². The molecule has 1 aromatic rings. The van der Waals surface area contributed by atoms with Crippen LogP contribution in [0.3, 0.4) is 0 Å².